The summed E-state index contributed by atoms with van der Waals surface area (Å²) in [4.78, 5) is 24.1. The molecule has 0 aliphatic heterocycles. The minimum Gasteiger partial charge on any atom is -0.466 e. The summed E-state index contributed by atoms with van der Waals surface area (Å²) in [5, 5.41) is 19.8. The van der Waals surface area contributed by atoms with E-state index in [1.165, 1.54) is 17.7 Å². The van der Waals surface area contributed by atoms with Crippen LogP contribution in [0.25, 0.3) is 0 Å². The zero-order valence-corrected chi connectivity index (χ0v) is 24.1. The number of non-ortho nitro benzene ring substituents is 1. The number of carbonyl (C=O) groups excluding carboxylic acids is 1. The molecular weight excluding hydrogens is 512 g/mol. The van der Waals surface area contributed by atoms with Crippen LogP contribution in [0.1, 0.15) is 90.3 Å². The van der Waals surface area contributed by atoms with E-state index in [4.69, 9.17) is 22.1 Å². The van der Waals surface area contributed by atoms with Gasteiger partial charge in [-0.25, -0.2) is 4.68 Å². The largest absolute Gasteiger partial charge is 0.466 e. The Kier molecular flexibility index (Phi) is 5.99. The van der Waals surface area contributed by atoms with Crippen molar-refractivity contribution in [2.24, 2.45) is 22.7 Å². The van der Waals surface area contributed by atoms with Gasteiger partial charge in [-0.1, -0.05) is 26.3 Å². The van der Waals surface area contributed by atoms with E-state index in [1.807, 2.05) is 6.92 Å². The Morgan fingerprint density at radius 1 is 1.21 bits per heavy atom. The Balaban J connectivity index is 1.34. The van der Waals surface area contributed by atoms with Crippen LogP contribution in [0.3, 0.4) is 0 Å². The number of carbonyl (C=O) groups is 1. The maximum atomic E-state index is 13.3. The average Bonchev–Trinajstić information content (AvgIpc) is 3.42. The van der Waals surface area contributed by atoms with Gasteiger partial charge in [0.05, 0.1) is 22.6 Å². The number of hydrogen-bond acceptors (Lipinski definition) is 6. The first kappa shape index (κ1) is 26.4. The molecule has 2 aromatic rings. The highest BCUT2D eigenvalue weighted by Crippen LogP contribution is 2.72. The molecule has 0 unspecified atom stereocenters. The van der Waals surface area contributed by atoms with Crippen LogP contribution in [0.5, 0.6) is 0 Å². The first-order valence-electron chi connectivity index (χ1n) is 14.3. The molecule has 2 bridgehead atoms. The van der Waals surface area contributed by atoms with E-state index in [0.717, 1.165) is 57.1 Å². The van der Waals surface area contributed by atoms with E-state index >= 15 is 0 Å². The molecule has 0 saturated heterocycles. The molecule has 4 aliphatic rings. The highest BCUT2D eigenvalue weighted by atomic mass is 32.1. The van der Waals surface area contributed by atoms with Gasteiger partial charge in [-0.15, -0.1) is 0 Å². The molecule has 1 N–H and O–H groups in total. The number of esters is 1. The molecule has 3 saturated carbocycles. The van der Waals surface area contributed by atoms with Crippen LogP contribution >= 0.6 is 12.2 Å². The van der Waals surface area contributed by atoms with Crippen LogP contribution in [0, 0.1) is 32.8 Å². The number of aromatic nitrogens is 2. The van der Waals surface area contributed by atoms with Gasteiger partial charge in [-0.05, 0) is 94.3 Å². The van der Waals surface area contributed by atoms with Gasteiger partial charge in [0.2, 0.25) is 0 Å². The molecule has 3 fully saturated rings. The minimum absolute atomic E-state index is 0.000534. The van der Waals surface area contributed by atoms with Crippen molar-refractivity contribution in [3.63, 3.8) is 0 Å². The molecule has 1 heterocycles. The molecular formula is C30H38N4O4S. The van der Waals surface area contributed by atoms with E-state index < -0.39 is 10.3 Å². The normalized spacial score (nSPS) is 36.3. The van der Waals surface area contributed by atoms with Gasteiger partial charge >= 0.3 is 5.97 Å². The quantitative estimate of drug-likeness (QED) is 0.200. The predicted octanol–water partition coefficient (Wildman–Crippen LogP) is 6.52. The smallest absolute Gasteiger partial charge is 0.312 e. The summed E-state index contributed by atoms with van der Waals surface area (Å²) < 4.78 is 7.40. The van der Waals surface area contributed by atoms with Crippen LogP contribution in [0.4, 0.5) is 11.4 Å². The van der Waals surface area contributed by atoms with Gasteiger partial charge in [0.15, 0.2) is 5.11 Å². The summed E-state index contributed by atoms with van der Waals surface area (Å²) in [6, 6.07) is 6.37. The molecule has 1 aromatic heterocycles. The highest BCUT2D eigenvalue weighted by molar-refractivity contribution is 7.80. The topological polar surface area (TPSA) is 99.3 Å². The second-order valence-electron chi connectivity index (χ2n) is 13.1. The number of thiocarbonyl (C=S) groups is 1. The lowest BCUT2D eigenvalue weighted by Crippen LogP contribution is -2.60. The first-order valence-corrected chi connectivity index (χ1v) is 14.7. The van der Waals surface area contributed by atoms with Gasteiger partial charge in [0.25, 0.3) is 5.69 Å². The van der Waals surface area contributed by atoms with Gasteiger partial charge in [0, 0.05) is 40.4 Å². The molecule has 1 aromatic carbocycles. The van der Waals surface area contributed by atoms with Crippen molar-refractivity contribution in [2.45, 2.75) is 89.9 Å². The Bertz CT molecular complexity index is 1370. The summed E-state index contributed by atoms with van der Waals surface area (Å²) in [7, 11) is 0. The maximum Gasteiger partial charge on any atom is 0.312 e. The fourth-order valence-corrected chi connectivity index (χ4v) is 9.79. The number of nitro benzene ring substituents is 1. The number of fused-ring (bicyclic) bond motifs is 5. The van der Waals surface area contributed by atoms with Crippen molar-refractivity contribution in [3.8, 4) is 0 Å². The molecule has 39 heavy (non-hydrogen) atoms. The molecule has 0 radical (unpaired) electrons. The zero-order valence-electron chi connectivity index (χ0n) is 23.3. The van der Waals surface area contributed by atoms with Crippen LogP contribution in [-0.2, 0) is 20.4 Å². The zero-order chi connectivity index (χ0) is 27.8. The van der Waals surface area contributed by atoms with Crippen molar-refractivity contribution in [1.29, 1.82) is 0 Å². The lowest BCUT2D eigenvalue weighted by molar-refractivity contribution is -0.384. The third-order valence-corrected chi connectivity index (χ3v) is 11.4. The van der Waals surface area contributed by atoms with Crippen LogP contribution in [0.15, 0.2) is 30.5 Å². The number of rotatable bonds is 4. The summed E-state index contributed by atoms with van der Waals surface area (Å²) in [6.07, 6.45) is 10.6. The minimum atomic E-state index is -0.430. The lowest BCUT2D eigenvalue weighted by atomic mass is 9.40. The summed E-state index contributed by atoms with van der Waals surface area (Å²) in [5.41, 5.74) is 2.71. The van der Waals surface area contributed by atoms with E-state index in [0.29, 0.717) is 29.2 Å². The summed E-state index contributed by atoms with van der Waals surface area (Å²) >= 11 is 5.73. The SMILES string of the molecule is CCOC(=O)[C@]1(C)CCC[C@@]2(C)[C@@H]3CC[C@@]4(C)C[C@]3(CC[C@@H]21)c1cn(C(=S)Nc2cccc([N+](=O)[O-])c2)nc14. The van der Waals surface area contributed by atoms with Gasteiger partial charge in [-0.2, -0.15) is 5.10 Å². The lowest BCUT2D eigenvalue weighted by Gasteiger charge is -2.64. The number of nitrogens with one attached hydrogen (secondary N) is 1. The molecule has 4 aliphatic carbocycles. The van der Waals surface area contributed by atoms with Crippen molar-refractivity contribution in [2.75, 3.05) is 11.9 Å². The summed E-state index contributed by atoms with van der Waals surface area (Å²) in [6.45, 7) is 9.30. The average molecular weight is 551 g/mol. The second-order valence-corrected chi connectivity index (χ2v) is 13.5. The third-order valence-electron chi connectivity index (χ3n) is 11.1. The van der Waals surface area contributed by atoms with Crippen molar-refractivity contribution in [1.82, 2.24) is 9.78 Å². The Hall–Kier alpha value is -2.81. The van der Waals surface area contributed by atoms with Gasteiger partial charge in [0.1, 0.15) is 0 Å². The Labute approximate surface area is 235 Å². The molecule has 6 atom stereocenters. The Morgan fingerprint density at radius 3 is 2.72 bits per heavy atom. The number of benzene rings is 1. The second kappa shape index (κ2) is 8.85. The van der Waals surface area contributed by atoms with Gasteiger partial charge < -0.3 is 10.1 Å². The molecule has 208 valence electrons. The van der Waals surface area contributed by atoms with E-state index in [9.17, 15) is 14.9 Å². The molecule has 6 rings (SSSR count). The molecule has 8 nitrogen and oxygen atoms in total. The van der Waals surface area contributed by atoms with Crippen molar-refractivity contribution < 1.29 is 14.5 Å². The number of hydrogen-bond donors (Lipinski definition) is 1. The highest BCUT2D eigenvalue weighted by Gasteiger charge is 2.68. The van der Waals surface area contributed by atoms with Crippen molar-refractivity contribution in [3.05, 3.63) is 51.8 Å². The third kappa shape index (κ3) is 3.71. The monoisotopic (exact) mass is 550 g/mol. The summed E-state index contributed by atoms with van der Waals surface area (Å²) in [5.74, 6) is 0.770. The standard InChI is InChI=1S/C30H38N4O4S/c1-5-38-25(35)29(4)13-7-12-28(3)22(29)11-15-30-18-27(2,14-10-23(28)30)24-21(30)17-33(32-24)26(39)31-19-8-6-9-20(16-19)34(36)37/h6,8-9,16-17,22-23H,5,7,10-15,18H2,1-4H3,(H,31,39)/t22-,23-,27-,28+,29+,30+/m0/s1. The van der Waals surface area contributed by atoms with Crippen LogP contribution in [0.2, 0.25) is 0 Å². The van der Waals surface area contributed by atoms with E-state index in [2.05, 4.69) is 32.3 Å². The molecule has 1 spiro atoms. The molecule has 9 heteroatoms. The van der Waals surface area contributed by atoms with Crippen molar-refractivity contribution >= 4 is 34.7 Å². The number of anilines is 1. The number of nitrogens with zero attached hydrogens (tertiary/aromatic N) is 3. The van der Waals surface area contributed by atoms with Crippen LogP contribution < -0.4 is 5.32 Å². The maximum absolute atomic E-state index is 13.3. The number of ether oxygens (including phenoxy) is 1. The van der Waals surface area contributed by atoms with E-state index in [1.54, 1.807) is 16.8 Å². The predicted molar refractivity (Wildman–Crippen MR) is 153 cm³/mol. The van der Waals surface area contributed by atoms with Crippen LogP contribution in [-0.4, -0.2) is 32.4 Å². The fourth-order valence-electron chi connectivity index (χ4n) is 9.58. The first-order chi connectivity index (χ1) is 18.5. The Morgan fingerprint density at radius 2 is 1.97 bits per heavy atom. The van der Waals surface area contributed by atoms with E-state index in [-0.39, 0.29) is 27.9 Å². The molecule has 0 amide bonds. The number of nitro groups is 1. The fraction of sp³-hybridized carbons (Fsp3) is 0.633. The van der Waals surface area contributed by atoms with Gasteiger partial charge in [-0.3, -0.25) is 14.9 Å².